The van der Waals surface area contributed by atoms with E-state index in [1.54, 1.807) is 0 Å². The summed E-state index contributed by atoms with van der Waals surface area (Å²) in [4.78, 5) is 0. The van der Waals surface area contributed by atoms with Gasteiger partial charge in [0.05, 0.1) is 0 Å². The number of hydrogen-bond donors (Lipinski definition) is 0. The van der Waals surface area contributed by atoms with Gasteiger partial charge in [0.15, 0.2) is 0 Å². The van der Waals surface area contributed by atoms with Gasteiger partial charge in [-0.2, -0.15) is 13.2 Å². The Morgan fingerprint density at radius 3 is 2.00 bits per heavy atom. The van der Waals surface area contributed by atoms with Gasteiger partial charge in [-0.05, 0) is 67.9 Å². The molecule has 1 aliphatic carbocycles. The molecule has 1 saturated carbocycles. The van der Waals surface area contributed by atoms with Crippen LogP contribution in [0.5, 0.6) is 0 Å². The second-order valence-electron chi connectivity index (χ2n) is 8.48. The molecule has 27 heavy (non-hydrogen) atoms. The van der Waals surface area contributed by atoms with Crippen molar-refractivity contribution in [3.05, 3.63) is 35.4 Å². The molecule has 1 aromatic carbocycles. The number of hydrogen-bond acceptors (Lipinski definition) is 0. The zero-order chi connectivity index (χ0) is 19.5. The minimum atomic E-state index is -4.00. The monoisotopic (exact) mass is 382 g/mol. The molecule has 0 spiro atoms. The molecule has 1 aromatic rings. The number of unbranched alkanes of at least 4 members (excludes halogenated alkanes) is 6. The third-order valence-electron chi connectivity index (χ3n) is 6.20. The standard InChI is InChI=1S/C24H37F3/c1-2-3-4-5-6-7-8-9-20-10-14-22(15-11-20)23-16-12-21(13-17-23)18-19-24(25,26)27/h10-11,14-15,21,23H,2-9,12-13,16-19H2,1H3. The molecule has 0 amide bonds. The van der Waals surface area contributed by atoms with Crippen molar-refractivity contribution in [2.45, 2.75) is 109 Å². The van der Waals surface area contributed by atoms with Gasteiger partial charge < -0.3 is 0 Å². The van der Waals surface area contributed by atoms with Crippen molar-refractivity contribution in [2.75, 3.05) is 0 Å². The summed E-state index contributed by atoms with van der Waals surface area (Å²) in [7, 11) is 0. The van der Waals surface area contributed by atoms with Crippen LogP contribution in [0.4, 0.5) is 13.2 Å². The maximum atomic E-state index is 12.4. The Labute approximate surface area is 163 Å². The Balaban J connectivity index is 1.64. The fraction of sp³-hybridized carbons (Fsp3) is 0.750. The highest BCUT2D eigenvalue weighted by Crippen LogP contribution is 2.39. The van der Waals surface area contributed by atoms with Crippen molar-refractivity contribution in [3.63, 3.8) is 0 Å². The van der Waals surface area contributed by atoms with E-state index < -0.39 is 12.6 Å². The minimum Gasteiger partial charge on any atom is -0.171 e. The largest absolute Gasteiger partial charge is 0.389 e. The van der Waals surface area contributed by atoms with E-state index in [4.69, 9.17) is 0 Å². The fourth-order valence-corrected chi connectivity index (χ4v) is 4.39. The second-order valence-corrected chi connectivity index (χ2v) is 8.48. The first-order valence-corrected chi connectivity index (χ1v) is 11.1. The summed E-state index contributed by atoms with van der Waals surface area (Å²) >= 11 is 0. The first-order chi connectivity index (χ1) is 13.0. The summed E-state index contributed by atoms with van der Waals surface area (Å²) in [5, 5.41) is 0. The van der Waals surface area contributed by atoms with E-state index in [9.17, 15) is 13.2 Å². The Morgan fingerprint density at radius 1 is 0.815 bits per heavy atom. The van der Waals surface area contributed by atoms with Crippen molar-refractivity contribution in [2.24, 2.45) is 5.92 Å². The molecule has 1 fully saturated rings. The molecule has 0 heterocycles. The van der Waals surface area contributed by atoms with Crippen LogP contribution < -0.4 is 0 Å². The van der Waals surface area contributed by atoms with Gasteiger partial charge in [-0.3, -0.25) is 0 Å². The Kier molecular flexibility index (Phi) is 9.72. The van der Waals surface area contributed by atoms with Gasteiger partial charge in [-0.25, -0.2) is 0 Å². The van der Waals surface area contributed by atoms with Gasteiger partial charge >= 0.3 is 6.18 Å². The van der Waals surface area contributed by atoms with E-state index in [0.29, 0.717) is 12.3 Å². The van der Waals surface area contributed by atoms with Crippen molar-refractivity contribution in [1.82, 2.24) is 0 Å². The predicted molar refractivity (Wildman–Crippen MR) is 108 cm³/mol. The van der Waals surface area contributed by atoms with Crippen LogP contribution in [0.15, 0.2) is 24.3 Å². The molecule has 0 aromatic heterocycles. The smallest absolute Gasteiger partial charge is 0.171 e. The Bertz CT molecular complexity index is 495. The number of benzene rings is 1. The van der Waals surface area contributed by atoms with E-state index in [2.05, 4.69) is 31.2 Å². The lowest BCUT2D eigenvalue weighted by atomic mass is 9.77. The normalized spacial score (nSPS) is 20.7. The summed E-state index contributed by atoms with van der Waals surface area (Å²) in [6.07, 6.45) is 10.2. The highest BCUT2D eigenvalue weighted by Gasteiger charge is 2.30. The van der Waals surface area contributed by atoms with E-state index >= 15 is 0 Å². The quantitative estimate of drug-likeness (QED) is 0.336. The zero-order valence-corrected chi connectivity index (χ0v) is 17.0. The van der Waals surface area contributed by atoms with Gasteiger partial charge in [0.25, 0.3) is 0 Å². The summed E-state index contributed by atoms with van der Waals surface area (Å²) in [6, 6.07) is 9.05. The molecule has 0 nitrogen and oxygen atoms in total. The van der Waals surface area contributed by atoms with Crippen LogP contribution in [-0.2, 0) is 6.42 Å². The molecule has 0 N–H and O–H groups in total. The lowest BCUT2D eigenvalue weighted by Gasteiger charge is -2.29. The average molecular weight is 383 g/mol. The summed E-state index contributed by atoms with van der Waals surface area (Å²) in [6.45, 7) is 2.25. The molecule has 154 valence electrons. The molecule has 0 atom stereocenters. The topological polar surface area (TPSA) is 0 Å². The van der Waals surface area contributed by atoms with Crippen LogP contribution in [0, 0.1) is 5.92 Å². The highest BCUT2D eigenvalue weighted by atomic mass is 19.4. The van der Waals surface area contributed by atoms with Gasteiger partial charge in [-0.1, -0.05) is 69.7 Å². The van der Waals surface area contributed by atoms with Crippen molar-refractivity contribution in [1.29, 1.82) is 0 Å². The lowest BCUT2D eigenvalue weighted by molar-refractivity contribution is -0.138. The molecule has 1 aliphatic rings. The van der Waals surface area contributed by atoms with Crippen molar-refractivity contribution >= 4 is 0 Å². The summed E-state index contributed by atoms with van der Waals surface area (Å²) < 4.78 is 37.1. The van der Waals surface area contributed by atoms with Gasteiger partial charge in [0.2, 0.25) is 0 Å². The van der Waals surface area contributed by atoms with Crippen LogP contribution in [0.2, 0.25) is 0 Å². The van der Waals surface area contributed by atoms with E-state index in [-0.39, 0.29) is 5.92 Å². The summed E-state index contributed by atoms with van der Waals surface area (Å²) in [5.74, 6) is 0.805. The molecular weight excluding hydrogens is 345 g/mol. The van der Waals surface area contributed by atoms with Gasteiger partial charge in [0.1, 0.15) is 0 Å². The molecule has 0 aliphatic heterocycles. The molecule has 2 rings (SSSR count). The van der Waals surface area contributed by atoms with E-state index in [0.717, 1.165) is 32.1 Å². The number of rotatable bonds is 11. The minimum absolute atomic E-state index is 0.263. The first kappa shape index (κ1) is 22.3. The summed E-state index contributed by atoms with van der Waals surface area (Å²) in [5.41, 5.74) is 2.80. The third kappa shape index (κ3) is 9.17. The van der Waals surface area contributed by atoms with Crippen molar-refractivity contribution < 1.29 is 13.2 Å². The molecule has 0 unspecified atom stereocenters. The Hall–Kier alpha value is -0.990. The van der Waals surface area contributed by atoms with Crippen molar-refractivity contribution in [3.8, 4) is 0 Å². The van der Waals surface area contributed by atoms with Gasteiger partial charge in [0, 0.05) is 6.42 Å². The number of halogens is 3. The predicted octanol–water partition coefficient (Wildman–Crippen LogP) is 8.60. The first-order valence-electron chi connectivity index (χ1n) is 11.1. The van der Waals surface area contributed by atoms with Crippen LogP contribution in [0.1, 0.15) is 107 Å². The van der Waals surface area contributed by atoms with Crippen LogP contribution in [0.3, 0.4) is 0 Å². The maximum Gasteiger partial charge on any atom is 0.389 e. The molecule has 3 heteroatoms. The molecular formula is C24H37F3. The molecule has 0 radical (unpaired) electrons. The van der Waals surface area contributed by atoms with E-state index in [1.165, 1.54) is 56.1 Å². The number of alkyl halides is 3. The second kappa shape index (κ2) is 11.8. The molecule has 0 bridgehead atoms. The highest BCUT2D eigenvalue weighted by molar-refractivity contribution is 5.26. The zero-order valence-electron chi connectivity index (χ0n) is 17.0. The van der Waals surface area contributed by atoms with Gasteiger partial charge in [-0.15, -0.1) is 0 Å². The average Bonchev–Trinajstić information content (AvgIpc) is 2.66. The lowest BCUT2D eigenvalue weighted by Crippen LogP contribution is -2.16. The number of aryl methyl sites for hydroxylation is 1. The van der Waals surface area contributed by atoms with E-state index in [1.807, 2.05) is 0 Å². The third-order valence-corrected chi connectivity index (χ3v) is 6.20. The van der Waals surface area contributed by atoms with Crippen LogP contribution in [0.25, 0.3) is 0 Å². The fourth-order valence-electron chi connectivity index (χ4n) is 4.39. The maximum absolute atomic E-state index is 12.4. The SMILES string of the molecule is CCCCCCCCCc1ccc(C2CCC(CCC(F)(F)F)CC2)cc1. The van der Waals surface area contributed by atoms with Crippen LogP contribution in [-0.4, -0.2) is 6.18 Å². The van der Waals surface area contributed by atoms with Crippen LogP contribution >= 0.6 is 0 Å². The molecule has 0 saturated heterocycles. The Morgan fingerprint density at radius 2 is 1.41 bits per heavy atom.